The first kappa shape index (κ1) is 23.6. The van der Waals surface area contributed by atoms with Crippen molar-refractivity contribution in [1.82, 2.24) is 15.5 Å². The van der Waals surface area contributed by atoms with Gasteiger partial charge in [0, 0.05) is 24.7 Å². The SMILES string of the molecule is Cc1cccc(C(=O)NCC(=O)NC2CN([C@H]3CC[C@@](O)(c4ccc5c(c4)OCCO5)CC3)C2)c1. The van der Waals surface area contributed by atoms with Gasteiger partial charge >= 0.3 is 0 Å². The second-order valence-electron chi connectivity index (χ2n) is 9.89. The number of hydrogen-bond donors (Lipinski definition) is 3. The first-order valence-electron chi connectivity index (χ1n) is 12.4. The maximum Gasteiger partial charge on any atom is 0.251 e. The molecule has 0 spiro atoms. The van der Waals surface area contributed by atoms with E-state index in [4.69, 9.17) is 9.47 Å². The average molecular weight is 480 g/mol. The predicted molar refractivity (Wildman–Crippen MR) is 131 cm³/mol. The second kappa shape index (κ2) is 9.87. The van der Waals surface area contributed by atoms with E-state index in [0.29, 0.717) is 43.4 Å². The lowest BCUT2D eigenvalue weighted by Crippen LogP contribution is -2.63. The van der Waals surface area contributed by atoms with Crippen LogP contribution in [-0.2, 0) is 10.4 Å². The van der Waals surface area contributed by atoms with E-state index in [0.717, 1.165) is 42.8 Å². The smallest absolute Gasteiger partial charge is 0.251 e. The minimum absolute atomic E-state index is 0.0325. The third kappa shape index (κ3) is 5.28. The fourth-order valence-electron chi connectivity index (χ4n) is 5.30. The number of hydrogen-bond acceptors (Lipinski definition) is 6. The minimum atomic E-state index is -0.847. The number of nitrogens with one attached hydrogen (secondary N) is 2. The van der Waals surface area contributed by atoms with Gasteiger partial charge in [0.25, 0.3) is 5.91 Å². The van der Waals surface area contributed by atoms with Crippen LogP contribution in [0.15, 0.2) is 42.5 Å². The Balaban J connectivity index is 1.04. The van der Waals surface area contributed by atoms with Gasteiger partial charge in [-0.25, -0.2) is 0 Å². The van der Waals surface area contributed by atoms with Gasteiger partial charge in [0.2, 0.25) is 5.91 Å². The summed E-state index contributed by atoms with van der Waals surface area (Å²) in [6.45, 7) is 4.57. The van der Waals surface area contributed by atoms with Gasteiger partial charge < -0.3 is 25.2 Å². The molecular weight excluding hydrogens is 446 g/mol. The van der Waals surface area contributed by atoms with Crippen molar-refractivity contribution < 1.29 is 24.2 Å². The molecule has 2 heterocycles. The van der Waals surface area contributed by atoms with Crippen LogP contribution in [0, 0.1) is 6.92 Å². The topological polar surface area (TPSA) is 100 Å². The number of rotatable bonds is 6. The minimum Gasteiger partial charge on any atom is -0.486 e. The molecule has 8 nitrogen and oxygen atoms in total. The van der Waals surface area contributed by atoms with Gasteiger partial charge in [0.1, 0.15) is 13.2 Å². The van der Waals surface area contributed by atoms with Crippen LogP contribution in [0.2, 0.25) is 0 Å². The van der Waals surface area contributed by atoms with E-state index >= 15 is 0 Å². The highest BCUT2D eigenvalue weighted by atomic mass is 16.6. The number of fused-ring (bicyclic) bond motifs is 1. The van der Waals surface area contributed by atoms with Crippen molar-refractivity contribution >= 4 is 11.8 Å². The van der Waals surface area contributed by atoms with E-state index in [1.54, 1.807) is 12.1 Å². The number of ether oxygens (including phenoxy) is 2. The van der Waals surface area contributed by atoms with Crippen molar-refractivity contribution in [2.45, 2.75) is 50.3 Å². The normalized spacial score (nSPS) is 24.3. The van der Waals surface area contributed by atoms with Crippen molar-refractivity contribution in [2.24, 2.45) is 0 Å². The van der Waals surface area contributed by atoms with Crippen LogP contribution < -0.4 is 20.1 Å². The summed E-state index contributed by atoms with van der Waals surface area (Å²) < 4.78 is 11.3. The van der Waals surface area contributed by atoms with Gasteiger partial charge in [-0.1, -0.05) is 23.8 Å². The highest BCUT2D eigenvalue weighted by Crippen LogP contribution is 2.42. The third-order valence-corrected chi connectivity index (χ3v) is 7.34. The summed E-state index contributed by atoms with van der Waals surface area (Å²) in [5, 5.41) is 17.0. The number of amides is 2. The van der Waals surface area contributed by atoms with Crippen LogP contribution in [0.1, 0.15) is 47.2 Å². The maximum atomic E-state index is 12.3. The summed E-state index contributed by atoms with van der Waals surface area (Å²) in [5.41, 5.74) is 1.60. The van der Waals surface area contributed by atoms with Crippen LogP contribution in [0.25, 0.3) is 0 Å². The van der Waals surface area contributed by atoms with Crippen molar-refractivity contribution in [3.63, 3.8) is 0 Å². The molecule has 35 heavy (non-hydrogen) atoms. The monoisotopic (exact) mass is 479 g/mol. The van der Waals surface area contributed by atoms with Gasteiger partial charge in [-0.2, -0.15) is 0 Å². The van der Waals surface area contributed by atoms with Crippen LogP contribution in [0.5, 0.6) is 11.5 Å². The number of carbonyl (C=O) groups excluding carboxylic acids is 2. The second-order valence-corrected chi connectivity index (χ2v) is 9.89. The molecule has 2 aliphatic heterocycles. The Morgan fingerprint density at radius 2 is 1.80 bits per heavy atom. The molecule has 0 unspecified atom stereocenters. The fraction of sp³-hybridized carbons (Fsp3) is 0.481. The van der Waals surface area contributed by atoms with Gasteiger partial charge in [-0.05, 0) is 62.4 Å². The first-order chi connectivity index (χ1) is 16.9. The highest BCUT2D eigenvalue weighted by molar-refractivity contribution is 5.96. The first-order valence-corrected chi connectivity index (χ1v) is 12.4. The summed E-state index contributed by atoms with van der Waals surface area (Å²) in [6, 6.07) is 13.5. The fourth-order valence-corrected chi connectivity index (χ4v) is 5.30. The van der Waals surface area contributed by atoms with Crippen LogP contribution in [0.3, 0.4) is 0 Å². The lowest BCUT2D eigenvalue weighted by molar-refractivity contribution is -0.122. The molecule has 8 heteroatoms. The maximum absolute atomic E-state index is 12.3. The number of aliphatic hydroxyl groups is 1. The number of aryl methyl sites for hydroxylation is 1. The molecule has 0 bridgehead atoms. The Labute approximate surface area is 205 Å². The van der Waals surface area contributed by atoms with Gasteiger partial charge in [-0.3, -0.25) is 14.5 Å². The molecule has 2 aromatic rings. The number of benzene rings is 2. The zero-order chi connectivity index (χ0) is 24.4. The van der Waals surface area contributed by atoms with E-state index in [1.165, 1.54) is 0 Å². The van der Waals surface area contributed by atoms with Gasteiger partial charge in [0.15, 0.2) is 11.5 Å². The van der Waals surface area contributed by atoms with Crippen molar-refractivity contribution in [1.29, 1.82) is 0 Å². The molecule has 2 aromatic carbocycles. The van der Waals surface area contributed by atoms with Gasteiger partial charge in [0.05, 0.1) is 18.2 Å². The summed E-state index contributed by atoms with van der Waals surface area (Å²) in [4.78, 5) is 26.9. The Hall–Kier alpha value is -3.10. The zero-order valence-electron chi connectivity index (χ0n) is 20.1. The molecule has 1 aliphatic carbocycles. The Kier molecular flexibility index (Phi) is 6.67. The molecule has 3 N–H and O–H groups in total. The van der Waals surface area contributed by atoms with Gasteiger partial charge in [-0.15, -0.1) is 0 Å². The molecule has 3 aliphatic rings. The van der Waals surface area contributed by atoms with Crippen molar-refractivity contribution in [3.8, 4) is 11.5 Å². The Morgan fingerprint density at radius 1 is 1.06 bits per heavy atom. The predicted octanol–water partition coefficient (Wildman–Crippen LogP) is 2.13. The summed E-state index contributed by atoms with van der Waals surface area (Å²) in [6.07, 6.45) is 3.18. The number of nitrogens with zero attached hydrogens (tertiary/aromatic N) is 1. The molecule has 2 amide bonds. The van der Waals surface area contributed by atoms with Crippen LogP contribution >= 0.6 is 0 Å². The van der Waals surface area contributed by atoms with E-state index in [-0.39, 0.29) is 24.4 Å². The van der Waals surface area contributed by atoms with E-state index < -0.39 is 5.60 Å². The summed E-state index contributed by atoms with van der Waals surface area (Å²) >= 11 is 0. The molecule has 1 saturated carbocycles. The zero-order valence-corrected chi connectivity index (χ0v) is 20.1. The number of carbonyl (C=O) groups is 2. The standard InChI is InChI=1S/C27H33N3O5/c1-18-3-2-4-19(13-18)26(32)28-15-25(31)29-21-16-30(17-21)22-7-9-27(33,10-8-22)20-5-6-23-24(14-20)35-12-11-34-23/h2-6,13-14,21-22,33H,7-12,15-17H2,1H3,(H,28,32)(H,29,31)/t22-,27-. The lowest BCUT2D eigenvalue weighted by atomic mass is 9.76. The third-order valence-electron chi connectivity index (χ3n) is 7.34. The van der Waals surface area contributed by atoms with E-state index in [9.17, 15) is 14.7 Å². The average Bonchev–Trinajstić information content (AvgIpc) is 2.85. The summed E-state index contributed by atoms with van der Waals surface area (Å²) in [5.74, 6) is 1.03. The Bertz CT molecular complexity index is 1090. The molecule has 186 valence electrons. The van der Waals surface area contributed by atoms with Crippen molar-refractivity contribution in [3.05, 3.63) is 59.2 Å². The molecule has 0 radical (unpaired) electrons. The van der Waals surface area contributed by atoms with E-state index in [2.05, 4.69) is 15.5 Å². The van der Waals surface area contributed by atoms with Crippen LogP contribution in [-0.4, -0.2) is 66.8 Å². The Morgan fingerprint density at radius 3 is 2.54 bits per heavy atom. The van der Waals surface area contributed by atoms with E-state index in [1.807, 2.05) is 37.3 Å². The number of likely N-dealkylation sites (tertiary alicyclic amines) is 1. The molecule has 5 rings (SSSR count). The van der Waals surface area contributed by atoms with Crippen LogP contribution in [0.4, 0.5) is 0 Å². The molecular formula is C27H33N3O5. The summed E-state index contributed by atoms with van der Waals surface area (Å²) in [7, 11) is 0. The molecule has 2 fully saturated rings. The molecule has 0 atom stereocenters. The molecule has 1 saturated heterocycles. The molecule has 0 aromatic heterocycles. The highest BCUT2D eigenvalue weighted by Gasteiger charge is 2.40. The lowest BCUT2D eigenvalue weighted by Gasteiger charge is -2.48. The quantitative estimate of drug-likeness (QED) is 0.587. The van der Waals surface area contributed by atoms with Crippen molar-refractivity contribution in [2.75, 3.05) is 32.8 Å². The largest absolute Gasteiger partial charge is 0.486 e.